The molecule has 1 N–H and O–H groups in total. The molecule has 1 amide bonds. The number of aromatic nitrogens is 2. The van der Waals surface area contributed by atoms with E-state index in [0.717, 1.165) is 12.0 Å². The lowest BCUT2D eigenvalue weighted by molar-refractivity contribution is -0.125. The maximum absolute atomic E-state index is 12.1. The lowest BCUT2D eigenvalue weighted by Crippen LogP contribution is -2.30. The number of fused-ring (bicyclic) bond motifs is 1. The minimum Gasteiger partial charge on any atom is -0.465 e. The molecular formula is C17H18ClN3O4. The Bertz CT molecular complexity index is 834. The van der Waals surface area contributed by atoms with Crippen molar-refractivity contribution in [2.45, 2.75) is 19.9 Å². The molecule has 1 aromatic heterocycles. The van der Waals surface area contributed by atoms with Gasteiger partial charge in [0.15, 0.2) is 5.15 Å². The minimum atomic E-state index is -0.438. The molecule has 2 aromatic rings. The van der Waals surface area contributed by atoms with Crippen LogP contribution in [0.2, 0.25) is 5.15 Å². The largest absolute Gasteiger partial charge is 0.465 e. The van der Waals surface area contributed by atoms with E-state index >= 15 is 0 Å². The first-order valence-corrected chi connectivity index (χ1v) is 8.28. The van der Waals surface area contributed by atoms with Gasteiger partial charge < -0.3 is 14.8 Å². The zero-order chi connectivity index (χ0) is 18.0. The molecule has 0 saturated carbocycles. The van der Waals surface area contributed by atoms with Gasteiger partial charge in [0.2, 0.25) is 5.91 Å². The molecule has 8 heteroatoms. The fourth-order valence-corrected chi connectivity index (χ4v) is 2.92. The van der Waals surface area contributed by atoms with E-state index in [2.05, 4.69) is 15.3 Å². The van der Waals surface area contributed by atoms with Crippen molar-refractivity contribution in [3.63, 3.8) is 0 Å². The summed E-state index contributed by atoms with van der Waals surface area (Å²) in [4.78, 5) is 32.6. The van der Waals surface area contributed by atoms with E-state index in [0.29, 0.717) is 35.5 Å². The third kappa shape index (κ3) is 3.72. The molecule has 1 atom stereocenters. The van der Waals surface area contributed by atoms with Gasteiger partial charge in [0, 0.05) is 6.61 Å². The Hall–Kier alpha value is -2.25. The molecule has 1 aromatic carbocycles. The highest BCUT2D eigenvalue weighted by Gasteiger charge is 2.23. The Kier molecular flexibility index (Phi) is 5.15. The Balaban J connectivity index is 1.83. The van der Waals surface area contributed by atoms with E-state index in [1.165, 1.54) is 7.11 Å². The molecule has 1 saturated heterocycles. The predicted molar refractivity (Wildman–Crippen MR) is 91.4 cm³/mol. The number of nitrogens with zero attached hydrogens (tertiary/aromatic N) is 2. The van der Waals surface area contributed by atoms with Crippen LogP contribution in [0.15, 0.2) is 12.1 Å². The zero-order valence-electron chi connectivity index (χ0n) is 14.0. The fourth-order valence-electron chi connectivity index (χ4n) is 2.72. The van der Waals surface area contributed by atoms with Crippen LogP contribution in [0.25, 0.3) is 11.0 Å². The Labute approximate surface area is 149 Å². The monoisotopic (exact) mass is 363 g/mol. The standard InChI is InChI=1S/C17H18ClN3O4/c1-9-5-12-13(6-11(9)17(23)24-2)21-15(18)14(20-12)7-19-16(22)10-3-4-25-8-10/h5-6,10H,3-4,7-8H2,1-2H3,(H,19,22). The van der Waals surface area contributed by atoms with Gasteiger partial charge in [0.25, 0.3) is 0 Å². The molecule has 7 nitrogen and oxygen atoms in total. The third-order valence-electron chi connectivity index (χ3n) is 4.17. The van der Waals surface area contributed by atoms with E-state index < -0.39 is 5.97 Å². The number of aryl methyl sites for hydroxylation is 1. The molecule has 0 radical (unpaired) electrons. The summed E-state index contributed by atoms with van der Waals surface area (Å²) in [5.74, 6) is -0.642. The quantitative estimate of drug-likeness (QED) is 0.836. The van der Waals surface area contributed by atoms with Gasteiger partial charge in [0.1, 0.15) is 0 Å². The predicted octanol–water partition coefficient (Wildman–Crippen LogP) is 2.03. The number of ether oxygens (including phenoxy) is 2. The molecule has 1 aliphatic rings. The number of esters is 1. The third-order valence-corrected chi connectivity index (χ3v) is 4.47. The van der Waals surface area contributed by atoms with Gasteiger partial charge >= 0.3 is 5.97 Å². The molecule has 132 valence electrons. The topological polar surface area (TPSA) is 90.4 Å². The number of carbonyl (C=O) groups excluding carboxylic acids is 2. The number of benzene rings is 1. The lowest BCUT2D eigenvalue weighted by atomic mass is 10.1. The maximum Gasteiger partial charge on any atom is 0.338 e. The first-order valence-electron chi connectivity index (χ1n) is 7.90. The highest BCUT2D eigenvalue weighted by atomic mass is 35.5. The van der Waals surface area contributed by atoms with Gasteiger partial charge in [0.05, 0.1) is 48.5 Å². The van der Waals surface area contributed by atoms with E-state index in [4.69, 9.17) is 21.1 Å². The maximum atomic E-state index is 12.1. The zero-order valence-corrected chi connectivity index (χ0v) is 14.7. The summed E-state index contributed by atoms with van der Waals surface area (Å²) < 4.78 is 9.97. The number of nitrogens with one attached hydrogen (secondary N) is 1. The van der Waals surface area contributed by atoms with Crippen LogP contribution in [0.4, 0.5) is 0 Å². The van der Waals surface area contributed by atoms with Gasteiger partial charge in [-0.05, 0) is 31.0 Å². The summed E-state index contributed by atoms with van der Waals surface area (Å²) in [5.41, 5.74) is 2.72. The number of amides is 1. The Morgan fingerprint density at radius 3 is 2.80 bits per heavy atom. The molecule has 1 unspecified atom stereocenters. The van der Waals surface area contributed by atoms with Crippen LogP contribution < -0.4 is 5.32 Å². The van der Waals surface area contributed by atoms with Gasteiger partial charge in [-0.15, -0.1) is 0 Å². The van der Waals surface area contributed by atoms with Crippen LogP contribution >= 0.6 is 11.6 Å². The first kappa shape index (κ1) is 17.6. The average molecular weight is 364 g/mol. The molecule has 0 spiro atoms. The van der Waals surface area contributed by atoms with Crippen LogP contribution in [0, 0.1) is 12.8 Å². The Morgan fingerprint density at radius 2 is 2.12 bits per heavy atom. The number of methoxy groups -OCH3 is 1. The van der Waals surface area contributed by atoms with Gasteiger partial charge in [-0.25, -0.2) is 14.8 Å². The summed E-state index contributed by atoms with van der Waals surface area (Å²) in [5, 5.41) is 3.01. The van der Waals surface area contributed by atoms with Crippen molar-refractivity contribution in [1.29, 1.82) is 0 Å². The summed E-state index contributed by atoms with van der Waals surface area (Å²) in [6.07, 6.45) is 0.721. The van der Waals surface area contributed by atoms with Crippen LogP contribution in [-0.2, 0) is 20.8 Å². The van der Waals surface area contributed by atoms with Crippen molar-refractivity contribution in [2.24, 2.45) is 5.92 Å². The molecule has 1 fully saturated rings. The van der Waals surface area contributed by atoms with Gasteiger partial charge in [-0.2, -0.15) is 0 Å². The SMILES string of the molecule is COC(=O)c1cc2nc(Cl)c(CNC(=O)C3CCOC3)nc2cc1C. The normalized spacial score (nSPS) is 16.8. The summed E-state index contributed by atoms with van der Waals surface area (Å²) in [6.45, 7) is 3.04. The smallest absolute Gasteiger partial charge is 0.338 e. The first-order chi connectivity index (χ1) is 12.0. The highest BCUT2D eigenvalue weighted by molar-refractivity contribution is 6.30. The second kappa shape index (κ2) is 7.33. The molecule has 0 bridgehead atoms. The number of halogens is 1. The van der Waals surface area contributed by atoms with E-state index in [9.17, 15) is 9.59 Å². The van der Waals surface area contributed by atoms with E-state index in [-0.39, 0.29) is 23.5 Å². The summed E-state index contributed by atoms with van der Waals surface area (Å²) in [7, 11) is 1.33. The van der Waals surface area contributed by atoms with Crippen LogP contribution in [0.5, 0.6) is 0 Å². The van der Waals surface area contributed by atoms with Crippen LogP contribution in [0.1, 0.15) is 28.0 Å². The summed E-state index contributed by atoms with van der Waals surface area (Å²) >= 11 is 6.19. The number of rotatable bonds is 4. The van der Waals surface area contributed by atoms with Gasteiger partial charge in [-0.1, -0.05) is 11.6 Å². The number of carbonyl (C=O) groups is 2. The van der Waals surface area contributed by atoms with E-state index in [1.54, 1.807) is 19.1 Å². The number of hydrogen-bond acceptors (Lipinski definition) is 6. The van der Waals surface area contributed by atoms with Gasteiger partial charge in [-0.3, -0.25) is 4.79 Å². The molecular weight excluding hydrogens is 346 g/mol. The second-order valence-corrected chi connectivity index (χ2v) is 6.24. The molecule has 1 aliphatic heterocycles. The van der Waals surface area contributed by atoms with E-state index in [1.807, 2.05) is 0 Å². The van der Waals surface area contributed by atoms with Crippen LogP contribution in [0.3, 0.4) is 0 Å². The summed E-state index contributed by atoms with van der Waals surface area (Å²) in [6, 6.07) is 3.36. The lowest BCUT2D eigenvalue weighted by Gasteiger charge is -2.11. The average Bonchev–Trinajstić information content (AvgIpc) is 3.13. The minimum absolute atomic E-state index is 0.0762. The van der Waals surface area contributed by atoms with Crippen molar-refractivity contribution in [1.82, 2.24) is 15.3 Å². The second-order valence-electron chi connectivity index (χ2n) is 5.89. The number of hydrogen-bond donors (Lipinski definition) is 1. The molecule has 2 heterocycles. The highest BCUT2D eigenvalue weighted by Crippen LogP contribution is 2.22. The Morgan fingerprint density at radius 1 is 1.36 bits per heavy atom. The van der Waals surface area contributed by atoms with Crippen molar-refractivity contribution in [3.05, 3.63) is 34.1 Å². The van der Waals surface area contributed by atoms with Crippen molar-refractivity contribution >= 4 is 34.5 Å². The molecule has 3 rings (SSSR count). The fraction of sp³-hybridized carbons (Fsp3) is 0.412. The van der Waals surface area contributed by atoms with Crippen molar-refractivity contribution in [2.75, 3.05) is 20.3 Å². The molecule has 0 aliphatic carbocycles. The van der Waals surface area contributed by atoms with Crippen molar-refractivity contribution < 1.29 is 19.1 Å². The molecule has 25 heavy (non-hydrogen) atoms. The van der Waals surface area contributed by atoms with Crippen LogP contribution in [-0.4, -0.2) is 42.2 Å². The van der Waals surface area contributed by atoms with Crippen molar-refractivity contribution in [3.8, 4) is 0 Å².